The van der Waals surface area contributed by atoms with E-state index in [9.17, 15) is 8.42 Å². The summed E-state index contributed by atoms with van der Waals surface area (Å²) in [7, 11) is -1.91. The topological polar surface area (TPSA) is 81.4 Å². The third-order valence-corrected chi connectivity index (χ3v) is 4.43. The first-order valence-corrected chi connectivity index (χ1v) is 7.30. The van der Waals surface area contributed by atoms with E-state index < -0.39 is 15.3 Å². The Hall–Kier alpha value is -0.950. The van der Waals surface area contributed by atoms with Crippen molar-refractivity contribution in [1.29, 1.82) is 0 Å². The lowest BCUT2D eigenvalue weighted by Gasteiger charge is -2.16. The van der Waals surface area contributed by atoms with Gasteiger partial charge in [-0.15, -0.1) is 0 Å². The van der Waals surface area contributed by atoms with Crippen LogP contribution < -0.4 is 10.5 Å². The third-order valence-electron chi connectivity index (χ3n) is 2.66. The van der Waals surface area contributed by atoms with Crippen LogP contribution in [0.25, 0.3) is 0 Å². The Morgan fingerprint density at radius 1 is 1.33 bits per heavy atom. The van der Waals surface area contributed by atoms with Gasteiger partial charge in [-0.25, -0.2) is 13.1 Å². The fourth-order valence-electron chi connectivity index (χ4n) is 1.49. The maximum atomic E-state index is 11.8. The van der Waals surface area contributed by atoms with Crippen LogP contribution >= 0.6 is 0 Å². The lowest BCUT2D eigenvalue weighted by molar-refractivity contribution is 0.200. The van der Waals surface area contributed by atoms with Crippen LogP contribution in [0.2, 0.25) is 0 Å². The minimum Gasteiger partial charge on any atom is -0.383 e. The fraction of sp³-hybridized carbons (Fsp3) is 0.500. The molecule has 0 fully saturated rings. The van der Waals surface area contributed by atoms with E-state index in [4.69, 9.17) is 10.5 Å². The van der Waals surface area contributed by atoms with Crippen LogP contribution in [0.5, 0.6) is 0 Å². The number of hydrogen-bond acceptors (Lipinski definition) is 4. The average Bonchev–Trinajstić information content (AvgIpc) is 2.37. The van der Waals surface area contributed by atoms with Gasteiger partial charge in [-0.05, 0) is 12.5 Å². The number of benzene rings is 1. The number of sulfonamides is 1. The Balaban J connectivity index is 2.55. The molecule has 0 bridgehead atoms. The first-order valence-electron chi connectivity index (χ1n) is 5.75. The van der Waals surface area contributed by atoms with Gasteiger partial charge in [0, 0.05) is 19.7 Å². The molecule has 0 saturated carbocycles. The zero-order valence-corrected chi connectivity index (χ0v) is 11.5. The van der Waals surface area contributed by atoms with Crippen LogP contribution in [0.4, 0.5) is 0 Å². The predicted molar refractivity (Wildman–Crippen MR) is 71.6 cm³/mol. The minimum absolute atomic E-state index is 0.163. The van der Waals surface area contributed by atoms with Crippen molar-refractivity contribution in [3.63, 3.8) is 0 Å². The van der Waals surface area contributed by atoms with E-state index in [0.717, 1.165) is 5.56 Å². The van der Waals surface area contributed by atoms with Crippen molar-refractivity contribution < 1.29 is 13.2 Å². The summed E-state index contributed by atoms with van der Waals surface area (Å²) in [4.78, 5) is 0. The number of nitrogens with one attached hydrogen (secondary N) is 1. The SMILES string of the molecule is COCC(C)S(=O)(=O)NCC(N)c1ccccc1. The number of nitrogens with two attached hydrogens (primary N) is 1. The lowest BCUT2D eigenvalue weighted by Crippen LogP contribution is -2.39. The van der Waals surface area contributed by atoms with Gasteiger partial charge < -0.3 is 10.5 Å². The van der Waals surface area contributed by atoms with Crippen molar-refractivity contribution in [3.05, 3.63) is 35.9 Å². The molecule has 0 aromatic heterocycles. The molecular formula is C12H20N2O3S. The average molecular weight is 272 g/mol. The molecule has 2 atom stereocenters. The van der Waals surface area contributed by atoms with Gasteiger partial charge >= 0.3 is 0 Å². The van der Waals surface area contributed by atoms with E-state index in [-0.39, 0.29) is 19.2 Å². The Bertz CT molecular complexity index is 448. The molecule has 0 radical (unpaired) electrons. The minimum atomic E-state index is -3.38. The standard InChI is InChI=1S/C12H20N2O3S/c1-10(9-17-2)18(15,16)14-8-12(13)11-6-4-3-5-7-11/h3-7,10,12,14H,8-9,13H2,1-2H3. The van der Waals surface area contributed by atoms with E-state index in [2.05, 4.69) is 4.72 Å². The van der Waals surface area contributed by atoms with Crippen molar-refractivity contribution in [2.75, 3.05) is 20.3 Å². The van der Waals surface area contributed by atoms with Crippen LogP contribution in [-0.2, 0) is 14.8 Å². The first-order chi connectivity index (χ1) is 8.47. The second-order valence-corrected chi connectivity index (χ2v) is 6.36. The Morgan fingerprint density at radius 2 is 1.94 bits per heavy atom. The molecule has 1 aromatic rings. The molecule has 1 aromatic carbocycles. The summed E-state index contributed by atoms with van der Waals surface area (Å²) in [6.07, 6.45) is 0. The van der Waals surface area contributed by atoms with Crippen molar-refractivity contribution in [2.45, 2.75) is 18.2 Å². The Morgan fingerprint density at radius 3 is 2.50 bits per heavy atom. The summed E-state index contributed by atoms with van der Waals surface area (Å²) >= 11 is 0. The molecule has 0 heterocycles. The molecule has 18 heavy (non-hydrogen) atoms. The van der Waals surface area contributed by atoms with Crippen molar-refractivity contribution in [1.82, 2.24) is 4.72 Å². The highest BCUT2D eigenvalue weighted by Crippen LogP contribution is 2.09. The summed E-state index contributed by atoms with van der Waals surface area (Å²) in [6.45, 7) is 1.94. The number of methoxy groups -OCH3 is 1. The van der Waals surface area contributed by atoms with Gasteiger partial charge in [0.15, 0.2) is 0 Å². The van der Waals surface area contributed by atoms with Gasteiger partial charge in [0.05, 0.1) is 11.9 Å². The molecule has 3 N–H and O–H groups in total. The van der Waals surface area contributed by atoms with Gasteiger partial charge in [-0.1, -0.05) is 30.3 Å². The number of ether oxygens (including phenoxy) is 1. The van der Waals surface area contributed by atoms with Crippen LogP contribution in [0, 0.1) is 0 Å². The largest absolute Gasteiger partial charge is 0.383 e. The van der Waals surface area contributed by atoms with Crippen molar-refractivity contribution in [2.24, 2.45) is 5.73 Å². The smallest absolute Gasteiger partial charge is 0.216 e. The molecule has 102 valence electrons. The Labute approximate surface area is 108 Å². The molecular weight excluding hydrogens is 252 g/mol. The molecule has 5 nitrogen and oxygen atoms in total. The van der Waals surface area contributed by atoms with Crippen LogP contribution in [0.1, 0.15) is 18.5 Å². The maximum absolute atomic E-state index is 11.8. The molecule has 0 aliphatic rings. The van der Waals surface area contributed by atoms with E-state index in [1.165, 1.54) is 7.11 Å². The van der Waals surface area contributed by atoms with Crippen LogP contribution in [-0.4, -0.2) is 33.9 Å². The molecule has 0 aliphatic carbocycles. The summed E-state index contributed by atoms with van der Waals surface area (Å²) in [6, 6.07) is 9.03. The highest BCUT2D eigenvalue weighted by Gasteiger charge is 2.21. The lowest BCUT2D eigenvalue weighted by atomic mass is 10.1. The zero-order valence-electron chi connectivity index (χ0n) is 10.7. The second-order valence-electron chi connectivity index (χ2n) is 4.18. The maximum Gasteiger partial charge on any atom is 0.216 e. The molecule has 6 heteroatoms. The van der Waals surface area contributed by atoms with Crippen molar-refractivity contribution in [3.8, 4) is 0 Å². The van der Waals surface area contributed by atoms with Gasteiger partial charge in [-0.3, -0.25) is 0 Å². The first kappa shape index (κ1) is 15.1. The van der Waals surface area contributed by atoms with E-state index >= 15 is 0 Å². The highest BCUT2D eigenvalue weighted by atomic mass is 32.2. The molecule has 0 amide bonds. The molecule has 1 rings (SSSR count). The van der Waals surface area contributed by atoms with Crippen LogP contribution in [0.15, 0.2) is 30.3 Å². The van der Waals surface area contributed by atoms with Gasteiger partial charge in [-0.2, -0.15) is 0 Å². The van der Waals surface area contributed by atoms with Crippen molar-refractivity contribution >= 4 is 10.0 Å². The van der Waals surface area contributed by atoms with E-state index in [0.29, 0.717) is 0 Å². The fourth-order valence-corrected chi connectivity index (χ4v) is 2.50. The molecule has 0 aliphatic heterocycles. The summed E-state index contributed by atoms with van der Waals surface area (Å²) < 4.78 is 31.0. The summed E-state index contributed by atoms with van der Waals surface area (Å²) in [5.74, 6) is 0. The molecule has 2 unspecified atom stereocenters. The van der Waals surface area contributed by atoms with Gasteiger partial charge in [0.25, 0.3) is 0 Å². The van der Waals surface area contributed by atoms with Gasteiger partial charge in [0.1, 0.15) is 0 Å². The third kappa shape index (κ3) is 4.38. The number of rotatable bonds is 7. The highest BCUT2D eigenvalue weighted by molar-refractivity contribution is 7.90. The zero-order chi connectivity index (χ0) is 13.6. The number of hydrogen-bond donors (Lipinski definition) is 2. The van der Waals surface area contributed by atoms with Gasteiger partial charge in [0.2, 0.25) is 10.0 Å². The second kappa shape index (κ2) is 6.84. The molecule has 0 spiro atoms. The summed E-state index contributed by atoms with van der Waals surface area (Å²) in [5.41, 5.74) is 6.82. The normalized spacial score (nSPS) is 15.3. The quantitative estimate of drug-likeness (QED) is 0.763. The summed E-state index contributed by atoms with van der Waals surface area (Å²) in [5, 5.41) is -0.592. The van der Waals surface area contributed by atoms with E-state index in [1.54, 1.807) is 6.92 Å². The Kier molecular flexibility index (Phi) is 5.74. The monoisotopic (exact) mass is 272 g/mol. The van der Waals surface area contributed by atoms with E-state index in [1.807, 2.05) is 30.3 Å². The molecule has 0 saturated heterocycles. The van der Waals surface area contributed by atoms with Crippen LogP contribution in [0.3, 0.4) is 0 Å². The predicted octanol–water partition coefficient (Wildman–Crippen LogP) is 0.641.